The van der Waals surface area contributed by atoms with Gasteiger partial charge in [0.15, 0.2) is 5.69 Å². The van der Waals surface area contributed by atoms with Crippen LogP contribution in [0.25, 0.3) is 21.5 Å². The van der Waals surface area contributed by atoms with Gasteiger partial charge in [-0.25, -0.2) is 9.37 Å². The van der Waals surface area contributed by atoms with Gasteiger partial charge in [-0.15, -0.1) is 21.6 Å². The Hall–Kier alpha value is -3.39. The van der Waals surface area contributed by atoms with E-state index >= 15 is 0 Å². The quantitative estimate of drug-likeness (QED) is 0.460. The predicted octanol–water partition coefficient (Wildman–Crippen LogP) is 5.30. The highest BCUT2D eigenvalue weighted by molar-refractivity contribution is 7.13. The van der Waals surface area contributed by atoms with Crippen molar-refractivity contribution in [1.82, 2.24) is 9.97 Å². The summed E-state index contributed by atoms with van der Waals surface area (Å²) in [6.07, 6.45) is -0.0106. The number of thiazole rings is 1. The van der Waals surface area contributed by atoms with Gasteiger partial charge < -0.3 is 10.1 Å². The number of aromatic nitrogens is 2. The van der Waals surface area contributed by atoms with Crippen LogP contribution in [0.2, 0.25) is 0 Å². The number of nitrogens with zero attached hydrogens (tertiary/aromatic N) is 3. The van der Waals surface area contributed by atoms with Crippen molar-refractivity contribution in [3.63, 3.8) is 0 Å². The Kier molecular flexibility index (Phi) is 4.70. The number of amides is 1. The lowest BCUT2D eigenvalue weighted by Crippen LogP contribution is -1.98. The molecule has 0 aliphatic rings. The van der Waals surface area contributed by atoms with Crippen molar-refractivity contribution < 1.29 is 14.3 Å². The molecule has 0 bridgehead atoms. The molecular formula is C20H15FN4O2S. The SMILES string of the molecule is Cc1cccc2c(N=NC(=O)Cc3csc(-c4ccc(F)cc4)n3)c(O)[nH]c12. The highest BCUT2D eigenvalue weighted by Crippen LogP contribution is 2.36. The van der Waals surface area contributed by atoms with Crippen molar-refractivity contribution in [2.45, 2.75) is 13.3 Å². The fourth-order valence-corrected chi connectivity index (χ4v) is 3.67. The molecule has 28 heavy (non-hydrogen) atoms. The number of aryl methyl sites for hydroxylation is 1. The van der Waals surface area contributed by atoms with E-state index in [-0.39, 0.29) is 23.8 Å². The highest BCUT2D eigenvalue weighted by atomic mass is 32.1. The molecule has 8 heteroatoms. The minimum atomic E-state index is -0.475. The number of nitrogens with one attached hydrogen (secondary N) is 1. The molecule has 1 amide bonds. The van der Waals surface area contributed by atoms with Gasteiger partial charge >= 0.3 is 0 Å². The number of hydrogen-bond acceptors (Lipinski definition) is 5. The van der Waals surface area contributed by atoms with E-state index in [0.717, 1.165) is 16.6 Å². The Morgan fingerprint density at radius 3 is 2.82 bits per heavy atom. The van der Waals surface area contributed by atoms with E-state index in [1.807, 2.05) is 19.1 Å². The Balaban J connectivity index is 1.50. The van der Waals surface area contributed by atoms with Crippen LogP contribution in [0.5, 0.6) is 5.88 Å². The summed E-state index contributed by atoms with van der Waals surface area (Å²) in [6.45, 7) is 1.91. The standard InChI is InChI=1S/C20H15FN4O2S/c1-11-3-2-4-15-17(11)23-19(27)18(15)25-24-16(26)9-14-10-28-20(22-14)12-5-7-13(21)8-6-12/h2-8,10,23,27H,9H2,1H3. The smallest absolute Gasteiger partial charge is 0.270 e. The summed E-state index contributed by atoms with van der Waals surface area (Å²) < 4.78 is 13.0. The molecule has 4 aromatic rings. The third-order valence-electron chi connectivity index (χ3n) is 4.23. The summed E-state index contributed by atoms with van der Waals surface area (Å²) in [5.74, 6) is -0.919. The topological polar surface area (TPSA) is 90.7 Å². The van der Waals surface area contributed by atoms with Crippen LogP contribution in [0.4, 0.5) is 10.1 Å². The Bertz CT molecular complexity index is 1190. The molecule has 0 saturated carbocycles. The first-order chi connectivity index (χ1) is 13.5. The number of halogens is 1. The summed E-state index contributed by atoms with van der Waals surface area (Å²) in [4.78, 5) is 19.4. The lowest BCUT2D eigenvalue weighted by atomic mass is 10.1. The zero-order valence-corrected chi connectivity index (χ0v) is 15.6. The van der Waals surface area contributed by atoms with Crippen LogP contribution in [0.3, 0.4) is 0 Å². The molecule has 0 fully saturated rings. The number of aromatic hydroxyl groups is 1. The van der Waals surface area contributed by atoms with Crippen LogP contribution in [0, 0.1) is 12.7 Å². The molecule has 6 nitrogen and oxygen atoms in total. The molecule has 2 N–H and O–H groups in total. The van der Waals surface area contributed by atoms with Crippen LogP contribution in [0.1, 0.15) is 11.3 Å². The third-order valence-corrected chi connectivity index (χ3v) is 5.17. The molecule has 0 saturated heterocycles. The van der Waals surface area contributed by atoms with E-state index in [9.17, 15) is 14.3 Å². The molecule has 0 spiro atoms. The number of H-pyrrole nitrogens is 1. The fraction of sp³-hybridized carbons (Fsp3) is 0.100. The Labute approximate surface area is 163 Å². The zero-order chi connectivity index (χ0) is 19.7. The molecule has 140 valence electrons. The molecule has 0 aliphatic carbocycles. The lowest BCUT2D eigenvalue weighted by Gasteiger charge is -1.95. The van der Waals surface area contributed by atoms with Gasteiger partial charge in [0.2, 0.25) is 5.88 Å². The summed E-state index contributed by atoms with van der Waals surface area (Å²) in [5, 5.41) is 20.9. The molecule has 0 aliphatic heterocycles. The monoisotopic (exact) mass is 394 g/mol. The first kappa shape index (κ1) is 18.0. The van der Waals surface area contributed by atoms with E-state index in [1.165, 1.54) is 23.5 Å². The summed E-state index contributed by atoms with van der Waals surface area (Å²) >= 11 is 1.37. The molecule has 4 rings (SSSR count). The highest BCUT2D eigenvalue weighted by Gasteiger charge is 2.13. The van der Waals surface area contributed by atoms with Crippen LogP contribution in [0.15, 0.2) is 58.1 Å². The number of benzene rings is 2. The zero-order valence-electron chi connectivity index (χ0n) is 14.8. The Morgan fingerprint density at radius 1 is 1.25 bits per heavy atom. The van der Waals surface area contributed by atoms with E-state index in [1.54, 1.807) is 23.6 Å². The number of azo groups is 1. The van der Waals surface area contributed by atoms with Crippen LogP contribution in [-0.4, -0.2) is 21.0 Å². The average molecular weight is 394 g/mol. The van der Waals surface area contributed by atoms with Crippen LogP contribution >= 0.6 is 11.3 Å². The third kappa shape index (κ3) is 3.54. The van der Waals surface area contributed by atoms with Crippen molar-refractivity contribution in [3.05, 3.63) is 64.9 Å². The van der Waals surface area contributed by atoms with Gasteiger partial charge in [-0.2, -0.15) is 0 Å². The van der Waals surface area contributed by atoms with Gasteiger partial charge in [-0.05, 0) is 36.8 Å². The molecule has 2 aromatic heterocycles. The fourth-order valence-electron chi connectivity index (χ4n) is 2.85. The molecule has 2 heterocycles. The molecular weight excluding hydrogens is 379 g/mol. The second-order valence-corrected chi connectivity index (χ2v) is 7.10. The van der Waals surface area contributed by atoms with Crippen LogP contribution < -0.4 is 0 Å². The largest absolute Gasteiger partial charge is 0.493 e. The van der Waals surface area contributed by atoms with Crippen molar-refractivity contribution >= 4 is 33.8 Å². The Morgan fingerprint density at radius 2 is 2.04 bits per heavy atom. The number of carbonyl (C=O) groups is 1. The molecule has 0 radical (unpaired) electrons. The van der Waals surface area contributed by atoms with Gasteiger partial charge in [-0.3, -0.25) is 4.79 Å². The number of rotatable bonds is 4. The maximum Gasteiger partial charge on any atom is 0.270 e. The first-order valence-electron chi connectivity index (χ1n) is 8.46. The van der Waals surface area contributed by atoms with E-state index < -0.39 is 5.91 Å². The summed E-state index contributed by atoms with van der Waals surface area (Å²) in [6, 6.07) is 11.6. The number of aromatic amines is 1. The first-order valence-corrected chi connectivity index (χ1v) is 9.34. The van der Waals surface area contributed by atoms with Crippen LogP contribution in [-0.2, 0) is 11.2 Å². The van der Waals surface area contributed by atoms with Gasteiger partial charge in [-0.1, -0.05) is 18.2 Å². The second kappa shape index (κ2) is 7.32. The predicted molar refractivity (Wildman–Crippen MR) is 105 cm³/mol. The minimum absolute atomic E-state index is 0.0106. The van der Waals surface area contributed by atoms with E-state index in [0.29, 0.717) is 16.1 Å². The second-order valence-electron chi connectivity index (χ2n) is 6.24. The summed E-state index contributed by atoms with van der Waals surface area (Å²) in [7, 11) is 0. The van der Waals surface area contributed by atoms with Gasteiger partial charge in [0.1, 0.15) is 10.8 Å². The van der Waals surface area contributed by atoms with Crippen molar-refractivity contribution in [2.24, 2.45) is 10.2 Å². The maximum absolute atomic E-state index is 13.0. The van der Waals surface area contributed by atoms with Crippen molar-refractivity contribution in [2.75, 3.05) is 0 Å². The van der Waals surface area contributed by atoms with Crippen molar-refractivity contribution in [3.8, 4) is 16.5 Å². The maximum atomic E-state index is 13.0. The number of carbonyl (C=O) groups excluding carboxylic acids is 1. The lowest BCUT2D eigenvalue weighted by molar-refractivity contribution is -0.117. The average Bonchev–Trinajstić information content (AvgIpc) is 3.26. The minimum Gasteiger partial charge on any atom is -0.493 e. The van der Waals surface area contributed by atoms with Gasteiger partial charge in [0.05, 0.1) is 17.6 Å². The van der Waals surface area contributed by atoms with E-state index in [4.69, 9.17) is 0 Å². The van der Waals surface area contributed by atoms with E-state index in [2.05, 4.69) is 20.2 Å². The molecule has 0 atom stereocenters. The molecule has 2 aromatic carbocycles. The van der Waals surface area contributed by atoms with Gasteiger partial charge in [0.25, 0.3) is 5.91 Å². The van der Waals surface area contributed by atoms with Gasteiger partial charge in [0, 0.05) is 16.3 Å². The number of hydrogen-bond donors (Lipinski definition) is 2. The summed E-state index contributed by atoms with van der Waals surface area (Å²) in [5.41, 5.74) is 3.29. The van der Waals surface area contributed by atoms with Crippen molar-refractivity contribution in [1.29, 1.82) is 0 Å². The number of fused-ring (bicyclic) bond motifs is 1. The number of para-hydroxylation sites is 1. The normalized spacial score (nSPS) is 11.5. The molecule has 0 unspecified atom stereocenters.